The second-order valence-electron chi connectivity index (χ2n) is 5.12. The summed E-state index contributed by atoms with van der Waals surface area (Å²) in [5, 5.41) is 0. The first kappa shape index (κ1) is 14.0. The van der Waals surface area contributed by atoms with Crippen LogP contribution >= 0.6 is 0 Å². The second kappa shape index (κ2) is 6.01. The van der Waals surface area contributed by atoms with Crippen molar-refractivity contribution < 1.29 is 4.74 Å². The Bertz CT molecular complexity index is 350. The van der Waals surface area contributed by atoms with Gasteiger partial charge in [0, 0.05) is 12.2 Å². The van der Waals surface area contributed by atoms with Crippen LogP contribution in [-0.4, -0.2) is 11.6 Å². The fraction of sp³-hybridized carbons (Fsp3) is 0.643. The molecule has 3 nitrogen and oxygen atoms in total. The van der Waals surface area contributed by atoms with E-state index in [1.807, 2.05) is 12.3 Å². The van der Waals surface area contributed by atoms with Crippen LogP contribution in [0.5, 0.6) is 5.75 Å². The zero-order chi connectivity index (χ0) is 12.9. The first-order valence-electron chi connectivity index (χ1n) is 6.34. The Morgan fingerprint density at radius 1 is 1.35 bits per heavy atom. The number of rotatable bonds is 6. The summed E-state index contributed by atoms with van der Waals surface area (Å²) in [6.45, 7) is 9.32. The Kier molecular flexibility index (Phi) is 4.94. The average Bonchev–Trinajstić information content (AvgIpc) is 2.35. The summed E-state index contributed by atoms with van der Waals surface area (Å²) in [6, 6.07) is 2.00. The van der Waals surface area contributed by atoms with E-state index in [2.05, 4.69) is 32.7 Å². The third-order valence-corrected chi connectivity index (χ3v) is 3.32. The summed E-state index contributed by atoms with van der Waals surface area (Å²) < 4.78 is 5.57. The molecule has 1 heterocycles. The largest absolute Gasteiger partial charge is 0.492 e. The lowest BCUT2D eigenvalue weighted by atomic mass is 9.79. The molecule has 0 bridgehead atoms. The number of hydrogen-bond donors (Lipinski definition) is 1. The van der Waals surface area contributed by atoms with Crippen LogP contribution in [0, 0.1) is 5.41 Å². The predicted molar refractivity (Wildman–Crippen MR) is 71.0 cm³/mol. The molecule has 0 aliphatic heterocycles. The van der Waals surface area contributed by atoms with Gasteiger partial charge in [0.05, 0.1) is 12.8 Å². The van der Waals surface area contributed by atoms with E-state index in [1.165, 1.54) is 0 Å². The van der Waals surface area contributed by atoms with Crippen molar-refractivity contribution in [3.63, 3.8) is 0 Å². The van der Waals surface area contributed by atoms with Crippen molar-refractivity contribution in [2.24, 2.45) is 11.1 Å². The Balaban J connectivity index is 2.84. The molecular weight excluding hydrogens is 212 g/mol. The fourth-order valence-corrected chi connectivity index (χ4v) is 1.58. The number of hydrogen-bond acceptors (Lipinski definition) is 3. The summed E-state index contributed by atoms with van der Waals surface area (Å²) in [4.78, 5) is 4.20. The van der Waals surface area contributed by atoms with Crippen molar-refractivity contribution in [2.45, 2.75) is 46.6 Å². The van der Waals surface area contributed by atoms with Gasteiger partial charge in [-0.15, -0.1) is 0 Å². The van der Waals surface area contributed by atoms with Gasteiger partial charge in [-0.1, -0.05) is 27.7 Å². The third-order valence-electron chi connectivity index (χ3n) is 3.32. The highest BCUT2D eigenvalue weighted by Crippen LogP contribution is 2.34. The molecule has 0 aliphatic rings. The van der Waals surface area contributed by atoms with Crippen molar-refractivity contribution in [3.8, 4) is 5.75 Å². The maximum atomic E-state index is 6.29. The van der Waals surface area contributed by atoms with Gasteiger partial charge in [-0.25, -0.2) is 0 Å². The monoisotopic (exact) mass is 236 g/mol. The molecule has 2 N–H and O–H groups in total. The van der Waals surface area contributed by atoms with Crippen LogP contribution in [-0.2, 0) is 0 Å². The maximum Gasteiger partial charge on any atom is 0.137 e. The predicted octanol–water partition coefficient (Wildman–Crippen LogP) is 3.31. The van der Waals surface area contributed by atoms with E-state index in [0.717, 1.165) is 30.8 Å². The van der Waals surface area contributed by atoms with Gasteiger partial charge in [0.15, 0.2) is 0 Å². The first-order valence-corrected chi connectivity index (χ1v) is 6.34. The number of ether oxygens (including phenoxy) is 1. The standard InChI is InChI=1S/C14H24N2O/c1-5-7-17-12-8-11(9-16-10-12)13(15)14(3,4)6-2/h8-10,13H,5-7,15H2,1-4H3. The van der Waals surface area contributed by atoms with E-state index in [-0.39, 0.29) is 11.5 Å². The number of nitrogens with two attached hydrogens (primary N) is 1. The minimum atomic E-state index is -0.00910. The summed E-state index contributed by atoms with van der Waals surface area (Å²) in [5.41, 5.74) is 7.41. The molecular formula is C14H24N2O. The molecule has 1 unspecified atom stereocenters. The Morgan fingerprint density at radius 3 is 2.65 bits per heavy atom. The van der Waals surface area contributed by atoms with Gasteiger partial charge in [0.2, 0.25) is 0 Å². The molecule has 96 valence electrons. The second-order valence-corrected chi connectivity index (χ2v) is 5.12. The molecule has 0 aromatic carbocycles. The molecule has 0 aliphatic carbocycles. The smallest absolute Gasteiger partial charge is 0.137 e. The zero-order valence-corrected chi connectivity index (χ0v) is 11.4. The molecule has 3 heteroatoms. The van der Waals surface area contributed by atoms with Crippen molar-refractivity contribution >= 4 is 0 Å². The van der Waals surface area contributed by atoms with Gasteiger partial charge >= 0.3 is 0 Å². The number of aromatic nitrogens is 1. The van der Waals surface area contributed by atoms with Crippen LogP contribution in [0.2, 0.25) is 0 Å². The van der Waals surface area contributed by atoms with E-state index in [1.54, 1.807) is 6.20 Å². The molecule has 0 saturated heterocycles. The van der Waals surface area contributed by atoms with Gasteiger partial charge in [-0.2, -0.15) is 0 Å². The van der Waals surface area contributed by atoms with Gasteiger partial charge in [-0.05, 0) is 29.9 Å². The summed E-state index contributed by atoms with van der Waals surface area (Å²) >= 11 is 0. The van der Waals surface area contributed by atoms with Gasteiger partial charge < -0.3 is 10.5 Å². The molecule has 0 spiro atoms. The van der Waals surface area contributed by atoms with Crippen LogP contribution in [0.15, 0.2) is 18.5 Å². The van der Waals surface area contributed by atoms with E-state index in [0.29, 0.717) is 0 Å². The quantitative estimate of drug-likeness (QED) is 0.824. The Hall–Kier alpha value is -1.09. The summed E-state index contributed by atoms with van der Waals surface area (Å²) in [7, 11) is 0. The molecule has 0 radical (unpaired) electrons. The van der Waals surface area contributed by atoms with Crippen molar-refractivity contribution in [2.75, 3.05) is 6.61 Å². The SMILES string of the molecule is CCCOc1cncc(C(N)C(C)(C)CC)c1. The summed E-state index contributed by atoms with van der Waals surface area (Å²) in [6.07, 6.45) is 5.61. The third kappa shape index (κ3) is 3.70. The number of pyridine rings is 1. The highest BCUT2D eigenvalue weighted by atomic mass is 16.5. The fourth-order valence-electron chi connectivity index (χ4n) is 1.58. The first-order chi connectivity index (χ1) is 8.01. The Morgan fingerprint density at radius 2 is 2.06 bits per heavy atom. The zero-order valence-electron chi connectivity index (χ0n) is 11.4. The molecule has 0 fully saturated rings. The highest BCUT2D eigenvalue weighted by Gasteiger charge is 2.26. The molecule has 1 atom stereocenters. The van der Waals surface area contributed by atoms with Gasteiger partial charge in [-0.3, -0.25) is 4.98 Å². The normalized spacial score (nSPS) is 13.5. The van der Waals surface area contributed by atoms with E-state index >= 15 is 0 Å². The highest BCUT2D eigenvalue weighted by molar-refractivity contribution is 5.26. The molecule has 1 rings (SSSR count). The van der Waals surface area contributed by atoms with Crippen molar-refractivity contribution in [1.82, 2.24) is 4.98 Å². The van der Waals surface area contributed by atoms with Crippen molar-refractivity contribution in [3.05, 3.63) is 24.0 Å². The lowest BCUT2D eigenvalue weighted by Gasteiger charge is -2.30. The van der Waals surface area contributed by atoms with Crippen LogP contribution in [0.25, 0.3) is 0 Å². The lowest BCUT2D eigenvalue weighted by molar-refractivity contribution is 0.275. The Labute approximate surface area is 104 Å². The van der Waals surface area contributed by atoms with E-state index < -0.39 is 0 Å². The van der Waals surface area contributed by atoms with Gasteiger partial charge in [0.1, 0.15) is 5.75 Å². The molecule has 17 heavy (non-hydrogen) atoms. The minimum Gasteiger partial charge on any atom is -0.492 e. The molecule has 1 aromatic rings. The molecule has 0 saturated carbocycles. The van der Waals surface area contributed by atoms with Gasteiger partial charge in [0.25, 0.3) is 0 Å². The van der Waals surface area contributed by atoms with Crippen LogP contribution in [0.1, 0.15) is 52.1 Å². The maximum absolute atomic E-state index is 6.29. The average molecular weight is 236 g/mol. The topological polar surface area (TPSA) is 48.1 Å². The van der Waals surface area contributed by atoms with Crippen LogP contribution in [0.4, 0.5) is 0 Å². The lowest BCUT2D eigenvalue weighted by Crippen LogP contribution is -2.28. The molecule has 1 aromatic heterocycles. The van der Waals surface area contributed by atoms with E-state index in [9.17, 15) is 0 Å². The number of nitrogens with zero attached hydrogens (tertiary/aromatic N) is 1. The van der Waals surface area contributed by atoms with E-state index in [4.69, 9.17) is 10.5 Å². The van der Waals surface area contributed by atoms with Crippen LogP contribution < -0.4 is 10.5 Å². The molecule has 0 amide bonds. The van der Waals surface area contributed by atoms with Crippen LogP contribution in [0.3, 0.4) is 0 Å². The summed E-state index contributed by atoms with van der Waals surface area (Å²) in [5.74, 6) is 0.812. The minimum absolute atomic E-state index is 0.00910. The van der Waals surface area contributed by atoms with Crippen molar-refractivity contribution in [1.29, 1.82) is 0 Å².